The number of aromatic nitrogens is 2. The van der Waals surface area contributed by atoms with Gasteiger partial charge in [-0.3, -0.25) is 4.90 Å². The van der Waals surface area contributed by atoms with Crippen LogP contribution in [0.4, 0.5) is 20.7 Å². The van der Waals surface area contributed by atoms with Gasteiger partial charge in [-0.2, -0.15) is 9.97 Å². The van der Waals surface area contributed by atoms with E-state index in [1.807, 2.05) is 32.9 Å². The molecule has 0 saturated carbocycles. The minimum Gasteiger partial charge on any atom is -0.467 e. The molecule has 3 saturated heterocycles. The highest BCUT2D eigenvalue weighted by molar-refractivity contribution is 5.95. The Hall–Kier alpha value is -3.90. The Balaban J connectivity index is 1.21. The van der Waals surface area contributed by atoms with Crippen LogP contribution in [0, 0.1) is 0 Å². The Bertz CT molecular complexity index is 1650. The van der Waals surface area contributed by atoms with Crippen LogP contribution < -0.4 is 19.3 Å². The van der Waals surface area contributed by atoms with Gasteiger partial charge in [0.15, 0.2) is 6.79 Å². The molecule has 4 aliphatic rings. The molecule has 2 bridgehead atoms. The number of anilines is 2. The van der Waals surface area contributed by atoms with Crippen LogP contribution >= 0.6 is 0 Å². The molecule has 7 rings (SSSR count). The van der Waals surface area contributed by atoms with Crippen molar-refractivity contribution in [2.24, 2.45) is 0 Å². The lowest BCUT2D eigenvalue weighted by Gasteiger charge is -2.43. The minimum atomic E-state index is -1.13. The number of carbonyl (C=O) groups is 1. The molecule has 258 valence electrons. The van der Waals surface area contributed by atoms with E-state index in [4.69, 9.17) is 28.9 Å². The van der Waals surface area contributed by atoms with Crippen molar-refractivity contribution in [2.45, 2.75) is 82.9 Å². The van der Waals surface area contributed by atoms with Gasteiger partial charge in [-0.15, -0.1) is 0 Å². The second-order valence-corrected chi connectivity index (χ2v) is 14.5. The lowest BCUT2D eigenvalue weighted by atomic mass is 10.0. The van der Waals surface area contributed by atoms with Crippen LogP contribution in [0.15, 0.2) is 36.4 Å². The zero-order chi connectivity index (χ0) is 33.6. The number of alkyl halides is 1. The summed E-state index contributed by atoms with van der Waals surface area (Å²) in [6.07, 6.45) is 1.62. The van der Waals surface area contributed by atoms with Gasteiger partial charge in [0.1, 0.15) is 29.9 Å². The summed E-state index contributed by atoms with van der Waals surface area (Å²) in [6, 6.07) is 12.1. The molecule has 0 radical (unpaired) electrons. The van der Waals surface area contributed by atoms with Gasteiger partial charge in [0.25, 0.3) is 0 Å². The van der Waals surface area contributed by atoms with Gasteiger partial charge < -0.3 is 33.6 Å². The van der Waals surface area contributed by atoms with Crippen molar-refractivity contribution in [1.82, 2.24) is 19.8 Å². The van der Waals surface area contributed by atoms with Crippen molar-refractivity contribution < 1.29 is 28.1 Å². The number of nitrogens with zero attached hydrogens (tertiary/aromatic N) is 6. The normalized spacial score (nSPS) is 24.2. The maximum absolute atomic E-state index is 15.5. The van der Waals surface area contributed by atoms with E-state index in [2.05, 4.69) is 46.0 Å². The van der Waals surface area contributed by atoms with Crippen LogP contribution in [0.2, 0.25) is 0 Å². The zero-order valence-electron chi connectivity index (χ0n) is 28.7. The van der Waals surface area contributed by atoms with Gasteiger partial charge in [0.2, 0.25) is 0 Å². The number of methoxy groups -OCH3 is 1. The number of likely N-dealkylation sites (tertiary alicyclic amines) is 1. The first-order chi connectivity index (χ1) is 23.1. The smallest absolute Gasteiger partial charge is 0.411 e. The molecule has 5 heterocycles. The predicted molar refractivity (Wildman–Crippen MR) is 182 cm³/mol. The first kappa shape index (κ1) is 32.6. The summed E-state index contributed by atoms with van der Waals surface area (Å²) in [7, 11) is 3.74. The number of ether oxygens (including phenoxy) is 4. The third-order valence-corrected chi connectivity index (χ3v) is 10.0. The largest absolute Gasteiger partial charge is 0.467 e. The monoisotopic (exact) mass is 662 g/mol. The fraction of sp³-hybridized carbons (Fsp3) is 0.583. The Morgan fingerprint density at radius 3 is 2.65 bits per heavy atom. The number of likely N-dealkylation sites (N-methyl/N-ethyl adjacent to an activating group) is 1. The maximum Gasteiger partial charge on any atom is 0.411 e. The first-order valence-corrected chi connectivity index (χ1v) is 17.1. The van der Waals surface area contributed by atoms with Gasteiger partial charge in [-0.1, -0.05) is 24.3 Å². The highest BCUT2D eigenvalue weighted by Gasteiger charge is 2.51. The molecule has 2 aromatic carbocycles. The highest BCUT2D eigenvalue weighted by atomic mass is 19.1. The maximum atomic E-state index is 15.5. The second kappa shape index (κ2) is 13.2. The van der Waals surface area contributed by atoms with E-state index in [9.17, 15) is 4.79 Å². The van der Waals surface area contributed by atoms with E-state index >= 15 is 4.39 Å². The molecule has 0 spiro atoms. The third kappa shape index (κ3) is 6.56. The van der Waals surface area contributed by atoms with Crippen molar-refractivity contribution in [1.29, 1.82) is 0 Å². The average Bonchev–Trinajstić information content (AvgIpc) is 3.56. The average molecular weight is 663 g/mol. The molecule has 11 nitrogen and oxygen atoms in total. The second-order valence-electron chi connectivity index (χ2n) is 14.5. The molecule has 4 atom stereocenters. The summed E-state index contributed by atoms with van der Waals surface area (Å²) in [5.41, 5.74) is 2.35. The molecule has 3 aromatic rings. The van der Waals surface area contributed by atoms with Crippen molar-refractivity contribution in [3.8, 4) is 11.8 Å². The van der Waals surface area contributed by atoms with E-state index in [1.165, 1.54) is 0 Å². The summed E-state index contributed by atoms with van der Waals surface area (Å²) in [4.78, 5) is 31.6. The molecule has 0 unspecified atom stereocenters. The summed E-state index contributed by atoms with van der Waals surface area (Å²) in [5, 5.41) is 2.21. The fourth-order valence-electron chi connectivity index (χ4n) is 7.68. The van der Waals surface area contributed by atoms with Crippen LogP contribution in [0.3, 0.4) is 0 Å². The summed E-state index contributed by atoms with van der Waals surface area (Å²) >= 11 is 0. The lowest BCUT2D eigenvalue weighted by Crippen LogP contribution is -2.58. The molecular weight excluding hydrogens is 615 g/mol. The Labute approximate surface area is 281 Å². The number of amides is 1. The summed E-state index contributed by atoms with van der Waals surface area (Å²) in [5.74, 6) is 1.52. The van der Waals surface area contributed by atoms with E-state index in [0.717, 1.165) is 65.2 Å². The molecule has 48 heavy (non-hydrogen) atoms. The van der Waals surface area contributed by atoms with Crippen LogP contribution in [-0.4, -0.2) is 109 Å². The summed E-state index contributed by atoms with van der Waals surface area (Å²) < 4.78 is 38.6. The number of carbonyl (C=O) groups excluding carboxylic acids is 1. The minimum absolute atomic E-state index is 0.164. The van der Waals surface area contributed by atoms with E-state index < -0.39 is 23.9 Å². The number of fused-ring (bicyclic) bond motifs is 4. The standard InChI is InChI=1S/C36H47FN6O5/c1-36(2,3)48-35(44)43-25-16-29(37)32(43)20-42(18-25)33-28-12-14-41(19-30(28)38-34(39-33)46-21-24-10-8-13-40(24)4)31-17-26(47-22-45-5)15-23-9-6-7-11-27(23)31/h6-7,9,11,15,17,24-25,29,32H,8,10,12-14,16,18-22H2,1-5H3/t24-,25+,29+,32+/m0/s1. The number of piperazine rings is 1. The van der Waals surface area contributed by atoms with Crippen molar-refractivity contribution >= 4 is 28.4 Å². The van der Waals surface area contributed by atoms with Crippen molar-refractivity contribution in [2.75, 3.05) is 63.5 Å². The zero-order valence-corrected chi connectivity index (χ0v) is 28.7. The van der Waals surface area contributed by atoms with Gasteiger partial charge >= 0.3 is 12.1 Å². The van der Waals surface area contributed by atoms with E-state index in [1.54, 1.807) is 12.0 Å². The number of halogens is 1. The molecular formula is C36H47FN6O5. The molecule has 12 heteroatoms. The van der Waals surface area contributed by atoms with Crippen molar-refractivity contribution in [3.05, 3.63) is 47.7 Å². The number of benzene rings is 2. The molecule has 1 aromatic heterocycles. The quantitative estimate of drug-likeness (QED) is 0.301. The van der Waals surface area contributed by atoms with Crippen molar-refractivity contribution in [3.63, 3.8) is 0 Å². The van der Waals surface area contributed by atoms with E-state index in [0.29, 0.717) is 44.7 Å². The Morgan fingerprint density at radius 2 is 1.90 bits per heavy atom. The number of rotatable bonds is 8. The third-order valence-electron chi connectivity index (χ3n) is 10.0. The number of hydrogen-bond acceptors (Lipinski definition) is 10. The predicted octanol–water partition coefficient (Wildman–Crippen LogP) is 5.18. The van der Waals surface area contributed by atoms with Gasteiger partial charge in [-0.25, -0.2) is 9.18 Å². The first-order valence-electron chi connectivity index (χ1n) is 17.1. The Kier molecular flexibility index (Phi) is 8.97. The molecule has 1 amide bonds. The van der Waals surface area contributed by atoms with Gasteiger partial charge in [0.05, 0.1) is 24.3 Å². The van der Waals surface area contributed by atoms with Crippen LogP contribution in [0.5, 0.6) is 11.8 Å². The highest BCUT2D eigenvalue weighted by Crippen LogP contribution is 2.40. The Morgan fingerprint density at radius 1 is 1.06 bits per heavy atom. The lowest BCUT2D eigenvalue weighted by molar-refractivity contribution is 0.00948. The van der Waals surface area contributed by atoms with Crippen LogP contribution in [0.1, 0.15) is 51.3 Å². The van der Waals surface area contributed by atoms with Crippen LogP contribution in [-0.2, 0) is 22.4 Å². The SMILES string of the molecule is COCOc1cc(N2CCc3c(nc(OC[C@@H]4CCCN4C)nc3N3C[C@H]4C[C@@H](F)[C@@H](C3)N4C(=O)OC(C)(C)C)C2)c2ccccc2c1. The summed E-state index contributed by atoms with van der Waals surface area (Å²) in [6.45, 7) is 9.33. The van der Waals surface area contributed by atoms with E-state index in [-0.39, 0.29) is 19.3 Å². The molecule has 0 aliphatic carbocycles. The van der Waals surface area contributed by atoms with Gasteiger partial charge in [0, 0.05) is 61.9 Å². The molecule has 3 fully saturated rings. The molecule has 4 aliphatic heterocycles. The van der Waals surface area contributed by atoms with Crippen LogP contribution in [0.25, 0.3) is 10.8 Å². The topological polar surface area (TPSA) is 92.7 Å². The molecule has 0 N–H and O–H groups in total. The fourth-order valence-corrected chi connectivity index (χ4v) is 7.68. The number of hydrogen-bond donors (Lipinski definition) is 0. The van der Waals surface area contributed by atoms with Gasteiger partial charge in [-0.05, 0) is 65.1 Å².